The number of ether oxygens (including phenoxy) is 2. The van der Waals surface area contributed by atoms with Crippen LogP contribution in [0, 0.1) is 0 Å². The zero-order valence-electron chi connectivity index (χ0n) is 38.9. The predicted octanol–water partition coefficient (Wildman–Crippen LogP) is 13.2. The first-order valence-corrected chi connectivity index (χ1v) is 25.1. The van der Waals surface area contributed by atoms with E-state index in [1.165, 1.54) is 77.0 Å². The summed E-state index contributed by atoms with van der Waals surface area (Å²) in [5.41, 5.74) is 0. The van der Waals surface area contributed by atoms with Crippen molar-refractivity contribution >= 4 is 19.8 Å². The SMILES string of the molecule is CCCCC/C=C/C/C=C/CCCCCCCC(=O)O[C@@H](COC(=O)CCC/C=C/C/C=C/C/C=C/C/C=C/CCCCCCCCC)COP(=O)([O-])OCC[N+](C)(C)C. The third-order valence-electron chi connectivity index (χ3n) is 9.70. The number of unbranched alkanes of at least 4 members (excludes halogenated alkanes) is 16. The van der Waals surface area contributed by atoms with Crippen molar-refractivity contribution in [1.82, 2.24) is 0 Å². The minimum atomic E-state index is -4.65. The van der Waals surface area contributed by atoms with Gasteiger partial charge < -0.3 is 27.9 Å². The number of esters is 2. The minimum Gasteiger partial charge on any atom is -0.756 e. The molecule has 0 saturated carbocycles. The molecule has 0 N–H and O–H groups in total. The number of quaternary nitrogens is 1. The van der Waals surface area contributed by atoms with Gasteiger partial charge in [0.2, 0.25) is 0 Å². The average Bonchev–Trinajstić information content (AvgIpc) is 3.20. The van der Waals surface area contributed by atoms with Gasteiger partial charge in [0.1, 0.15) is 19.8 Å². The number of phosphoric ester groups is 1. The highest BCUT2D eigenvalue weighted by Gasteiger charge is 2.21. The van der Waals surface area contributed by atoms with Gasteiger partial charge in [-0.05, 0) is 83.5 Å². The van der Waals surface area contributed by atoms with E-state index >= 15 is 0 Å². The molecule has 0 aliphatic rings. The fraction of sp³-hybridized carbons (Fsp3) is 0.720. The van der Waals surface area contributed by atoms with E-state index in [9.17, 15) is 19.0 Å². The van der Waals surface area contributed by atoms with Gasteiger partial charge in [-0.25, -0.2) is 0 Å². The fourth-order valence-corrected chi connectivity index (χ4v) is 6.70. The average molecular weight is 862 g/mol. The lowest BCUT2D eigenvalue weighted by atomic mass is 10.1. The first kappa shape index (κ1) is 57.4. The van der Waals surface area contributed by atoms with Crippen LogP contribution in [-0.4, -0.2) is 70.0 Å². The summed E-state index contributed by atoms with van der Waals surface area (Å²) in [6, 6.07) is 0. The number of carbonyl (C=O) groups is 2. The van der Waals surface area contributed by atoms with Crippen molar-refractivity contribution in [2.75, 3.05) is 47.5 Å². The Balaban J connectivity index is 4.43. The van der Waals surface area contributed by atoms with E-state index in [1.54, 1.807) is 0 Å². The van der Waals surface area contributed by atoms with Crippen LogP contribution in [0.15, 0.2) is 72.9 Å². The third-order valence-corrected chi connectivity index (χ3v) is 10.7. The summed E-state index contributed by atoms with van der Waals surface area (Å²) >= 11 is 0. The first-order valence-electron chi connectivity index (χ1n) is 23.6. The quantitative estimate of drug-likeness (QED) is 0.0196. The second-order valence-electron chi connectivity index (χ2n) is 16.8. The molecule has 0 radical (unpaired) electrons. The Morgan fingerprint density at radius 2 is 0.917 bits per heavy atom. The van der Waals surface area contributed by atoms with Crippen LogP contribution in [0.2, 0.25) is 0 Å². The number of hydrogen-bond donors (Lipinski definition) is 0. The van der Waals surface area contributed by atoms with Crippen molar-refractivity contribution in [1.29, 1.82) is 0 Å². The molecular weight excluding hydrogens is 774 g/mol. The van der Waals surface area contributed by atoms with Crippen LogP contribution in [-0.2, 0) is 32.7 Å². The van der Waals surface area contributed by atoms with Crippen molar-refractivity contribution in [3.63, 3.8) is 0 Å². The van der Waals surface area contributed by atoms with Gasteiger partial charge in [-0.2, -0.15) is 0 Å². The van der Waals surface area contributed by atoms with Gasteiger partial charge in [0.25, 0.3) is 7.82 Å². The number of rotatable bonds is 42. The molecule has 0 aromatic carbocycles. The predicted molar refractivity (Wildman–Crippen MR) is 249 cm³/mol. The molecule has 10 heteroatoms. The maximum atomic E-state index is 12.7. The summed E-state index contributed by atoms with van der Waals surface area (Å²) in [6.07, 6.45) is 52.2. The molecule has 0 aromatic heterocycles. The van der Waals surface area contributed by atoms with E-state index < -0.39 is 32.5 Å². The smallest absolute Gasteiger partial charge is 0.306 e. The molecular formula is C50H88NO8P. The van der Waals surface area contributed by atoms with Crippen LogP contribution in [0.1, 0.15) is 181 Å². The topological polar surface area (TPSA) is 111 Å². The largest absolute Gasteiger partial charge is 0.756 e. The number of allylic oxidation sites excluding steroid dienone is 12. The molecule has 1 unspecified atom stereocenters. The van der Waals surface area contributed by atoms with E-state index in [2.05, 4.69) is 86.8 Å². The summed E-state index contributed by atoms with van der Waals surface area (Å²) in [7, 11) is 1.12. The molecule has 2 atom stereocenters. The number of nitrogens with zero attached hydrogens (tertiary/aromatic N) is 1. The molecule has 0 spiro atoms. The molecule has 0 aliphatic carbocycles. The number of hydrogen-bond acceptors (Lipinski definition) is 8. The molecule has 0 fully saturated rings. The Kier molecular flexibility index (Phi) is 40.0. The molecule has 0 amide bonds. The highest BCUT2D eigenvalue weighted by molar-refractivity contribution is 7.45. The monoisotopic (exact) mass is 862 g/mol. The summed E-state index contributed by atoms with van der Waals surface area (Å²) in [6.45, 7) is 4.11. The first-order chi connectivity index (χ1) is 29.0. The third kappa shape index (κ3) is 45.0. The standard InChI is InChI=1S/C50H88NO8P/c1-6-8-10-12-14-16-18-20-22-23-24-25-26-27-29-30-32-34-36-38-40-42-49(52)56-46-48(47-58-60(54,55)57-45-44-51(3,4)5)59-50(53)43-41-39-37-35-33-31-28-21-19-17-15-13-11-9-7-2/h15,17,21-23,25-26,28-30,34,36,48H,6-14,16,18-20,24,27,31-33,35,37-47H2,1-5H3/b17-15+,23-22+,26-25+,28-21+,30-29+,36-34+/t48-/m0/s1. The van der Waals surface area contributed by atoms with E-state index in [-0.39, 0.29) is 26.1 Å². The van der Waals surface area contributed by atoms with Gasteiger partial charge >= 0.3 is 11.9 Å². The lowest BCUT2D eigenvalue weighted by Crippen LogP contribution is -2.37. The van der Waals surface area contributed by atoms with Crippen LogP contribution in [0.25, 0.3) is 0 Å². The van der Waals surface area contributed by atoms with Crippen LogP contribution in [0.4, 0.5) is 0 Å². The Morgan fingerprint density at radius 3 is 1.42 bits per heavy atom. The van der Waals surface area contributed by atoms with E-state index in [0.717, 1.165) is 64.2 Å². The van der Waals surface area contributed by atoms with Crippen molar-refractivity contribution in [3.8, 4) is 0 Å². The fourth-order valence-electron chi connectivity index (χ4n) is 5.97. The van der Waals surface area contributed by atoms with Gasteiger partial charge in [0.15, 0.2) is 6.10 Å². The van der Waals surface area contributed by atoms with Gasteiger partial charge in [-0.3, -0.25) is 14.2 Å². The van der Waals surface area contributed by atoms with Crippen molar-refractivity contribution < 1.29 is 42.1 Å². The summed E-state index contributed by atoms with van der Waals surface area (Å²) in [5.74, 6) is -0.921. The Morgan fingerprint density at radius 1 is 0.517 bits per heavy atom. The zero-order chi connectivity index (χ0) is 44.3. The Bertz CT molecular complexity index is 1250. The zero-order valence-corrected chi connectivity index (χ0v) is 39.8. The molecule has 9 nitrogen and oxygen atoms in total. The van der Waals surface area contributed by atoms with E-state index in [4.69, 9.17) is 18.5 Å². The molecule has 0 aliphatic heterocycles. The van der Waals surface area contributed by atoms with Gasteiger partial charge in [-0.15, -0.1) is 0 Å². The highest BCUT2D eigenvalue weighted by atomic mass is 31.2. The number of phosphoric acid groups is 1. The molecule has 0 bridgehead atoms. The van der Waals surface area contributed by atoms with Crippen LogP contribution < -0.4 is 4.89 Å². The minimum absolute atomic E-state index is 0.0455. The van der Waals surface area contributed by atoms with Crippen LogP contribution in [0.3, 0.4) is 0 Å². The van der Waals surface area contributed by atoms with Gasteiger partial charge in [0, 0.05) is 12.8 Å². The van der Waals surface area contributed by atoms with Crippen LogP contribution in [0.5, 0.6) is 0 Å². The maximum Gasteiger partial charge on any atom is 0.306 e. The molecule has 60 heavy (non-hydrogen) atoms. The molecule has 0 heterocycles. The molecule has 0 rings (SSSR count). The molecule has 346 valence electrons. The molecule has 0 aromatic rings. The van der Waals surface area contributed by atoms with Crippen molar-refractivity contribution in [2.45, 2.75) is 187 Å². The van der Waals surface area contributed by atoms with Gasteiger partial charge in [-0.1, -0.05) is 157 Å². The van der Waals surface area contributed by atoms with Crippen molar-refractivity contribution in [3.05, 3.63) is 72.9 Å². The highest BCUT2D eigenvalue weighted by Crippen LogP contribution is 2.38. The van der Waals surface area contributed by atoms with Gasteiger partial charge in [0.05, 0.1) is 27.7 Å². The lowest BCUT2D eigenvalue weighted by Gasteiger charge is -2.28. The van der Waals surface area contributed by atoms with Crippen molar-refractivity contribution in [2.24, 2.45) is 0 Å². The summed E-state index contributed by atoms with van der Waals surface area (Å²) in [5, 5.41) is 0. The maximum absolute atomic E-state index is 12.7. The van der Waals surface area contributed by atoms with E-state index in [1.807, 2.05) is 21.1 Å². The summed E-state index contributed by atoms with van der Waals surface area (Å²) < 4.78 is 33.9. The Labute approximate surface area is 368 Å². The Hall–Kier alpha value is -2.55. The second kappa shape index (κ2) is 41.8. The normalized spacial score (nSPS) is 14.2. The van der Waals surface area contributed by atoms with Crippen LogP contribution >= 0.6 is 7.82 Å². The summed E-state index contributed by atoms with van der Waals surface area (Å²) in [4.78, 5) is 37.6. The number of likely N-dealkylation sites (N-methyl/N-ethyl adjacent to an activating group) is 1. The molecule has 0 saturated heterocycles. The lowest BCUT2D eigenvalue weighted by molar-refractivity contribution is -0.870. The number of carbonyl (C=O) groups excluding carboxylic acids is 2. The second-order valence-corrected chi connectivity index (χ2v) is 18.2. The van der Waals surface area contributed by atoms with E-state index in [0.29, 0.717) is 23.9 Å².